The van der Waals surface area contributed by atoms with Crippen molar-refractivity contribution >= 4 is 22.8 Å². The second-order valence-corrected chi connectivity index (χ2v) is 8.85. The standard InChI is InChI=1S/C29H30N2O3/c1-20-8-3-6-13-26(20)31-29(32)24(18-30)16-21-14-15-27(28(17-21)33-2)34-19-23-11-7-10-22-9-4-5-12-25(22)23/h4-5,7,9-12,14-17,20,26H,3,6,8,13,19H2,1-2H3,(H,31,32)/b24-16+/t20-,26-/m1/s1. The van der Waals surface area contributed by atoms with E-state index >= 15 is 0 Å². The number of nitriles is 1. The smallest absolute Gasteiger partial charge is 0.262 e. The summed E-state index contributed by atoms with van der Waals surface area (Å²) < 4.78 is 11.6. The quantitative estimate of drug-likeness (QED) is 0.350. The first-order valence-corrected chi connectivity index (χ1v) is 11.8. The van der Waals surface area contributed by atoms with E-state index in [1.54, 1.807) is 19.3 Å². The van der Waals surface area contributed by atoms with Crippen molar-refractivity contribution in [2.75, 3.05) is 7.11 Å². The second kappa shape index (κ2) is 10.9. The number of nitrogens with zero attached hydrogens (tertiary/aromatic N) is 1. The highest BCUT2D eigenvalue weighted by Gasteiger charge is 2.24. The number of carbonyl (C=O) groups is 1. The van der Waals surface area contributed by atoms with E-state index in [9.17, 15) is 10.1 Å². The zero-order valence-electron chi connectivity index (χ0n) is 19.7. The number of methoxy groups -OCH3 is 1. The van der Waals surface area contributed by atoms with Crippen molar-refractivity contribution in [3.63, 3.8) is 0 Å². The van der Waals surface area contributed by atoms with Gasteiger partial charge in [-0.3, -0.25) is 4.79 Å². The van der Waals surface area contributed by atoms with Crippen LogP contribution in [0.25, 0.3) is 16.8 Å². The van der Waals surface area contributed by atoms with Crippen molar-refractivity contribution in [1.82, 2.24) is 5.32 Å². The van der Waals surface area contributed by atoms with Crippen molar-refractivity contribution in [1.29, 1.82) is 5.26 Å². The summed E-state index contributed by atoms with van der Waals surface area (Å²) >= 11 is 0. The molecule has 5 nitrogen and oxygen atoms in total. The average Bonchev–Trinajstić information content (AvgIpc) is 2.87. The topological polar surface area (TPSA) is 71.3 Å². The molecule has 1 N–H and O–H groups in total. The van der Waals surface area contributed by atoms with Crippen molar-refractivity contribution in [2.45, 2.75) is 45.3 Å². The van der Waals surface area contributed by atoms with E-state index in [1.165, 1.54) is 11.8 Å². The number of carbonyl (C=O) groups excluding carboxylic acids is 1. The highest BCUT2D eigenvalue weighted by atomic mass is 16.5. The molecule has 0 aromatic heterocycles. The van der Waals surface area contributed by atoms with Crippen LogP contribution in [0.5, 0.6) is 11.5 Å². The summed E-state index contributed by atoms with van der Waals surface area (Å²) in [5, 5.41) is 15.0. The van der Waals surface area contributed by atoms with E-state index < -0.39 is 0 Å². The fourth-order valence-electron chi connectivity index (χ4n) is 4.56. The fourth-order valence-corrected chi connectivity index (χ4v) is 4.56. The van der Waals surface area contributed by atoms with Crippen LogP contribution in [0.15, 0.2) is 66.2 Å². The van der Waals surface area contributed by atoms with Crippen LogP contribution in [0.4, 0.5) is 0 Å². The Hall–Kier alpha value is -3.78. The average molecular weight is 455 g/mol. The SMILES string of the molecule is COc1cc(/C=C(\C#N)C(=O)N[C@@H]2CCCC[C@H]2C)ccc1OCc1cccc2ccccc12. The lowest BCUT2D eigenvalue weighted by Gasteiger charge is -2.29. The number of amides is 1. The van der Waals surface area contributed by atoms with Crippen molar-refractivity contribution in [2.24, 2.45) is 5.92 Å². The lowest BCUT2D eigenvalue weighted by atomic mass is 9.86. The molecular weight excluding hydrogens is 424 g/mol. The van der Waals surface area contributed by atoms with Gasteiger partial charge in [0, 0.05) is 6.04 Å². The lowest BCUT2D eigenvalue weighted by molar-refractivity contribution is -0.118. The summed E-state index contributed by atoms with van der Waals surface area (Å²) in [5.74, 6) is 1.26. The predicted molar refractivity (Wildman–Crippen MR) is 134 cm³/mol. The summed E-state index contributed by atoms with van der Waals surface area (Å²) in [6, 6.07) is 22.0. The van der Waals surface area contributed by atoms with Gasteiger partial charge in [0.25, 0.3) is 5.91 Å². The molecule has 34 heavy (non-hydrogen) atoms. The van der Waals surface area contributed by atoms with E-state index in [0.717, 1.165) is 30.2 Å². The number of hydrogen-bond acceptors (Lipinski definition) is 4. The van der Waals surface area contributed by atoms with Gasteiger partial charge in [-0.2, -0.15) is 5.26 Å². The maximum absolute atomic E-state index is 12.7. The Morgan fingerprint density at radius 2 is 1.88 bits per heavy atom. The third-order valence-electron chi connectivity index (χ3n) is 6.55. The second-order valence-electron chi connectivity index (χ2n) is 8.85. The van der Waals surface area contributed by atoms with Crippen LogP contribution in [0.1, 0.15) is 43.7 Å². The molecule has 1 fully saturated rings. The van der Waals surface area contributed by atoms with E-state index in [1.807, 2.05) is 36.4 Å². The molecule has 0 saturated heterocycles. The summed E-state index contributed by atoms with van der Waals surface area (Å²) in [7, 11) is 1.58. The monoisotopic (exact) mass is 454 g/mol. The number of benzene rings is 3. The molecule has 2 atom stereocenters. The lowest BCUT2D eigenvalue weighted by Crippen LogP contribution is -2.41. The largest absolute Gasteiger partial charge is 0.493 e. The molecule has 0 aliphatic heterocycles. The van der Waals surface area contributed by atoms with Gasteiger partial charge in [-0.1, -0.05) is 68.3 Å². The van der Waals surface area contributed by atoms with E-state index in [0.29, 0.717) is 29.6 Å². The number of rotatable bonds is 7. The van der Waals surface area contributed by atoms with E-state index in [4.69, 9.17) is 9.47 Å². The summed E-state index contributed by atoms with van der Waals surface area (Å²) in [6.45, 7) is 2.56. The molecule has 0 spiro atoms. The first kappa shape index (κ1) is 23.4. The third kappa shape index (κ3) is 5.40. The van der Waals surface area contributed by atoms with Crippen LogP contribution in [-0.4, -0.2) is 19.1 Å². The highest BCUT2D eigenvalue weighted by Crippen LogP contribution is 2.31. The normalized spacial score (nSPS) is 18.2. The van der Waals surface area contributed by atoms with Gasteiger partial charge in [0.2, 0.25) is 0 Å². The fraction of sp³-hybridized carbons (Fsp3) is 0.310. The van der Waals surface area contributed by atoms with E-state index in [-0.39, 0.29) is 17.5 Å². The first-order valence-electron chi connectivity index (χ1n) is 11.8. The Morgan fingerprint density at radius 3 is 2.68 bits per heavy atom. The Balaban J connectivity index is 1.49. The number of nitrogens with one attached hydrogen (secondary N) is 1. The Kier molecular flexibility index (Phi) is 7.49. The van der Waals surface area contributed by atoms with Gasteiger partial charge in [0.1, 0.15) is 18.2 Å². The van der Waals surface area contributed by atoms with Gasteiger partial charge in [0.15, 0.2) is 11.5 Å². The van der Waals surface area contributed by atoms with Crippen LogP contribution in [0, 0.1) is 17.2 Å². The molecule has 1 amide bonds. The first-order chi connectivity index (χ1) is 16.6. The molecule has 0 unspecified atom stereocenters. The van der Waals surface area contributed by atoms with Crippen LogP contribution >= 0.6 is 0 Å². The minimum Gasteiger partial charge on any atom is -0.493 e. The maximum atomic E-state index is 12.7. The van der Waals surface area contributed by atoms with Crippen LogP contribution in [0.3, 0.4) is 0 Å². The van der Waals surface area contributed by atoms with E-state index in [2.05, 4.69) is 36.5 Å². The molecule has 5 heteroatoms. The minimum atomic E-state index is -0.323. The molecule has 174 valence electrons. The molecule has 3 aromatic carbocycles. The molecule has 3 aromatic rings. The van der Waals surface area contributed by atoms with Crippen LogP contribution < -0.4 is 14.8 Å². The summed E-state index contributed by atoms with van der Waals surface area (Å²) in [6.07, 6.45) is 5.97. The van der Waals surface area contributed by atoms with Crippen LogP contribution in [-0.2, 0) is 11.4 Å². The number of ether oxygens (including phenoxy) is 2. The molecule has 1 saturated carbocycles. The van der Waals surface area contributed by atoms with Crippen molar-refractivity contribution < 1.29 is 14.3 Å². The van der Waals surface area contributed by atoms with Crippen LogP contribution in [0.2, 0.25) is 0 Å². The van der Waals surface area contributed by atoms with Gasteiger partial charge in [-0.25, -0.2) is 0 Å². The Morgan fingerprint density at radius 1 is 1.09 bits per heavy atom. The molecule has 0 radical (unpaired) electrons. The third-order valence-corrected chi connectivity index (χ3v) is 6.55. The zero-order valence-corrected chi connectivity index (χ0v) is 19.7. The Labute approximate surface area is 201 Å². The molecular formula is C29H30N2O3. The van der Waals surface area contributed by atoms with Crippen molar-refractivity contribution in [3.05, 3.63) is 77.4 Å². The molecule has 1 aliphatic rings. The molecule has 4 rings (SSSR count). The zero-order chi connectivity index (χ0) is 23.9. The number of fused-ring (bicyclic) bond motifs is 1. The van der Waals surface area contributed by atoms with Gasteiger partial charge >= 0.3 is 0 Å². The maximum Gasteiger partial charge on any atom is 0.262 e. The molecule has 0 bridgehead atoms. The minimum absolute atomic E-state index is 0.0873. The molecule has 0 heterocycles. The van der Waals surface area contributed by atoms with Gasteiger partial charge in [-0.15, -0.1) is 0 Å². The summed E-state index contributed by atoms with van der Waals surface area (Å²) in [4.78, 5) is 12.7. The summed E-state index contributed by atoms with van der Waals surface area (Å²) in [5.41, 5.74) is 1.88. The number of hydrogen-bond donors (Lipinski definition) is 1. The van der Waals surface area contributed by atoms with Crippen molar-refractivity contribution in [3.8, 4) is 17.6 Å². The van der Waals surface area contributed by atoms with Gasteiger partial charge in [-0.05, 0) is 58.9 Å². The van der Waals surface area contributed by atoms with Gasteiger partial charge < -0.3 is 14.8 Å². The Bertz CT molecular complexity index is 1240. The van der Waals surface area contributed by atoms with Gasteiger partial charge in [0.05, 0.1) is 7.11 Å². The molecule has 1 aliphatic carbocycles. The predicted octanol–water partition coefficient (Wildman–Crippen LogP) is 6.03. The highest BCUT2D eigenvalue weighted by molar-refractivity contribution is 6.01.